The molecule has 2 heterocycles. The third-order valence-electron chi connectivity index (χ3n) is 5.67. The molecule has 0 bridgehead atoms. The molecule has 156 valence electrons. The van der Waals surface area contributed by atoms with Gasteiger partial charge in [0.05, 0.1) is 18.0 Å². The molecule has 30 heavy (non-hydrogen) atoms. The van der Waals surface area contributed by atoms with Gasteiger partial charge in [-0.15, -0.1) is 0 Å². The second kappa shape index (κ2) is 9.13. The molecule has 0 saturated carbocycles. The number of carbonyl (C=O) groups is 1. The van der Waals surface area contributed by atoms with Crippen LogP contribution in [0.2, 0.25) is 0 Å². The molecule has 2 aromatic carbocycles. The maximum Gasteiger partial charge on any atom is 0.257 e. The maximum absolute atomic E-state index is 12.7. The molecule has 1 saturated heterocycles. The third-order valence-corrected chi connectivity index (χ3v) is 5.67. The molecule has 3 aromatic rings. The van der Waals surface area contributed by atoms with Gasteiger partial charge in [0.2, 0.25) is 5.43 Å². The summed E-state index contributed by atoms with van der Waals surface area (Å²) in [5.74, 6) is 0.180. The predicted octanol–water partition coefficient (Wildman–Crippen LogP) is 3.45. The summed E-state index contributed by atoms with van der Waals surface area (Å²) in [6.45, 7) is 3.69. The number of likely N-dealkylation sites (tertiary alicyclic amines) is 1. The van der Waals surface area contributed by atoms with Gasteiger partial charge in [-0.1, -0.05) is 36.8 Å². The third kappa shape index (κ3) is 4.39. The first-order valence-corrected chi connectivity index (χ1v) is 10.4. The average molecular weight is 405 g/mol. The normalized spacial score (nSPS) is 14.6. The van der Waals surface area contributed by atoms with Crippen molar-refractivity contribution in [3.05, 3.63) is 75.6 Å². The van der Waals surface area contributed by atoms with E-state index in [9.17, 15) is 9.59 Å². The second-order valence-electron chi connectivity index (χ2n) is 7.75. The largest absolute Gasteiger partial charge is 0.495 e. The quantitative estimate of drug-likeness (QED) is 0.659. The van der Waals surface area contributed by atoms with Crippen LogP contribution in [-0.2, 0) is 13.1 Å². The van der Waals surface area contributed by atoms with Crippen LogP contribution in [0.15, 0.2) is 53.5 Å². The number of H-pyrrole nitrogens is 1. The van der Waals surface area contributed by atoms with Crippen LogP contribution in [0.25, 0.3) is 10.9 Å². The topological polar surface area (TPSA) is 74.4 Å². The van der Waals surface area contributed by atoms with Crippen LogP contribution in [-0.4, -0.2) is 36.0 Å². The molecule has 0 atom stereocenters. The Morgan fingerprint density at radius 1 is 1.07 bits per heavy atom. The fourth-order valence-electron chi connectivity index (χ4n) is 3.98. The number of methoxy groups -OCH3 is 1. The number of fused-ring (bicyclic) bond motifs is 1. The number of hydrogen-bond donors (Lipinski definition) is 2. The molecule has 4 rings (SSSR count). The molecule has 1 amide bonds. The number of carbonyl (C=O) groups excluding carboxylic acids is 1. The Bertz CT molecular complexity index is 1080. The fraction of sp³-hybridized carbons (Fsp3) is 0.333. The number of piperidine rings is 1. The van der Waals surface area contributed by atoms with Gasteiger partial charge in [-0.05, 0) is 49.2 Å². The number of pyridine rings is 1. The molecular weight excluding hydrogens is 378 g/mol. The monoisotopic (exact) mass is 405 g/mol. The number of aromatic amines is 1. The molecule has 6 heteroatoms. The highest BCUT2D eigenvalue weighted by molar-refractivity contribution is 5.97. The lowest BCUT2D eigenvalue weighted by atomic mass is 10.1. The van der Waals surface area contributed by atoms with E-state index in [-0.39, 0.29) is 11.0 Å². The maximum atomic E-state index is 12.7. The lowest BCUT2D eigenvalue weighted by molar-refractivity contribution is 0.0949. The van der Waals surface area contributed by atoms with E-state index in [0.29, 0.717) is 23.2 Å². The molecule has 0 radical (unpaired) electrons. The number of nitrogens with zero attached hydrogens (tertiary/aromatic N) is 1. The molecule has 1 fully saturated rings. The highest BCUT2D eigenvalue weighted by Crippen LogP contribution is 2.21. The lowest BCUT2D eigenvalue weighted by Gasteiger charge is -2.26. The summed E-state index contributed by atoms with van der Waals surface area (Å²) in [7, 11) is 1.55. The molecule has 1 aliphatic heterocycles. The van der Waals surface area contributed by atoms with Gasteiger partial charge in [0.1, 0.15) is 11.3 Å². The van der Waals surface area contributed by atoms with Crippen molar-refractivity contribution >= 4 is 16.8 Å². The zero-order valence-electron chi connectivity index (χ0n) is 17.2. The smallest absolute Gasteiger partial charge is 0.257 e. The Hall–Kier alpha value is -3.12. The van der Waals surface area contributed by atoms with Gasteiger partial charge in [0.25, 0.3) is 5.91 Å². The summed E-state index contributed by atoms with van der Waals surface area (Å²) in [4.78, 5) is 30.8. The van der Waals surface area contributed by atoms with Crippen molar-refractivity contribution in [2.45, 2.75) is 32.4 Å². The summed E-state index contributed by atoms with van der Waals surface area (Å²) in [6.07, 6.45) is 5.35. The van der Waals surface area contributed by atoms with E-state index in [1.807, 2.05) is 12.1 Å². The number of benzene rings is 2. The van der Waals surface area contributed by atoms with Crippen LogP contribution in [0.5, 0.6) is 5.75 Å². The zero-order chi connectivity index (χ0) is 20.9. The summed E-state index contributed by atoms with van der Waals surface area (Å²) in [5, 5.41) is 3.28. The number of rotatable bonds is 6. The van der Waals surface area contributed by atoms with Crippen LogP contribution in [0, 0.1) is 0 Å². The first-order chi connectivity index (χ1) is 14.7. The minimum absolute atomic E-state index is 0.0949. The van der Waals surface area contributed by atoms with Gasteiger partial charge in [0.15, 0.2) is 0 Å². The molecule has 0 aliphatic carbocycles. The summed E-state index contributed by atoms with van der Waals surface area (Å²) >= 11 is 0. The van der Waals surface area contributed by atoms with Crippen molar-refractivity contribution < 1.29 is 9.53 Å². The zero-order valence-corrected chi connectivity index (χ0v) is 17.2. The van der Waals surface area contributed by atoms with E-state index in [0.717, 1.165) is 12.1 Å². The van der Waals surface area contributed by atoms with E-state index < -0.39 is 5.91 Å². The fourth-order valence-corrected chi connectivity index (χ4v) is 3.98. The molecule has 1 aliphatic rings. The Labute approximate surface area is 175 Å². The number of ether oxygens (including phenoxy) is 1. The second-order valence-corrected chi connectivity index (χ2v) is 7.75. The van der Waals surface area contributed by atoms with E-state index >= 15 is 0 Å². The standard InChI is InChI=1S/C24H27N3O3/c1-30-21-7-5-6-19-22(21)25-15-20(23(19)28)24(29)26-14-17-8-10-18(11-9-17)16-27-12-3-2-4-13-27/h5-11,15H,2-4,12-14,16H2,1H3,(H,25,28)(H,26,29). The van der Waals surface area contributed by atoms with Crippen LogP contribution < -0.4 is 15.5 Å². The van der Waals surface area contributed by atoms with Gasteiger partial charge in [0, 0.05) is 19.3 Å². The number of nitrogens with one attached hydrogen (secondary N) is 2. The summed E-state index contributed by atoms with van der Waals surface area (Å²) in [5.41, 5.74) is 2.66. The van der Waals surface area contributed by atoms with Gasteiger partial charge < -0.3 is 15.0 Å². The lowest BCUT2D eigenvalue weighted by Crippen LogP contribution is -2.29. The van der Waals surface area contributed by atoms with E-state index in [4.69, 9.17) is 4.74 Å². The number of hydrogen-bond acceptors (Lipinski definition) is 4. The molecule has 1 aromatic heterocycles. The van der Waals surface area contributed by atoms with Crippen molar-refractivity contribution in [1.29, 1.82) is 0 Å². The van der Waals surface area contributed by atoms with Crippen molar-refractivity contribution in [3.8, 4) is 5.75 Å². The van der Waals surface area contributed by atoms with Gasteiger partial charge >= 0.3 is 0 Å². The highest BCUT2D eigenvalue weighted by Gasteiger charge is 2.15. The Morgan fingerprint density at radius 3 is 2.53 bits per heavy atom. The Kier molecular flexibility index (Phi) is 6.14. The van der Waals surface area contributed by atoms with Gasteiger partial charge in [-0.3, -0.25) is 14.5 Å². The van der Waals surface area contributed by atoms with Crippen molar-refractivity contribution in [1.82, 2.24) is 15.2 Å². The van der Waals surface area contributed by atoms with Crippen LogP contribution >= 0.6 is 0 Å². The summed E-state index contributed by atoms with van der Waals surface area (Å²) < 4.78 is 5.27. The predicted molar refractivity (Wildman–Crippen MR) is 118 cm³/mol. The van der Waals surface area contributed by atoms with Crippen LogP contribution in [0.4, 0.5) is 0 Å². The van der Waals surface area contributed by atoms with E-state index in [2.05, 4.69) is 27.3 Å². The average Bonchev–Trinajstić information content (AvgIpc) is 2.79. The van der Waals surface area contributed by atoms with Crippen molar-refractivity contribution in [3.63, 3.8) is 0 Å². The van der Waals surface area contributed by atoms with Crippen molar-refractivity contribution in [2.75, 3.05) is 20.2 Å². The Morgan fingerprint density at radius 2 is 1.80 bits per heavy atom. The molecule has 0 unspecified atom stereocenters. The first-order valence-electron chi connectivity index (χ1n) is 10.4. The molecule has 2 N–H and O–H groups in total. The van der Waals surface area contributed by atoms with Crippen LogP contribution in [0.1, 0.15) is 40.7 Å². The molecule has 0 spiro atoms. The van der Waals surface area contributed by atoms with E-state index in [1.54, 1.807) is 25.3 Å². The first kappa shape index (κ1) is 20.2. The Balaban J connectivity index is 1.41. The van der Waals surface area contributed by atoms with E-state index in [1.165, 1.54) is 44.1 Å². The SMILES string of the molecule is COc1cccc2c(=O)c(C(=O)NCc3ccc(CN4CCCCC4)cc3)c[nH]c12. The number of amides is 1. The van der Waals surface area contributed by atoms with Gasteiger partial charge in [-0.2, -0.15) is 0 Å². The van der Waals surface area contributed by atoms with Crippen LogP contribution in [0.3, 0.4) is 0 Å². The van der Waals surface area contributed by atoms with Gasteiger partial charge in [-0.25, -0.2) is 0 Å². The minimum Gasteiger partial charge on any atom is -0.495 e. The number of para-hydroxylation sites is 1. The summed E-state index contributed by atoms with van der Waals surface area (Å²) in [6, 6.07) is 13.5. The highest BCUT2D eigenvalue weighted by atomic mass is 16.5. The molecule has 6 nitrogen and oxygen atoms in total. The number of aromatic nitrogens is 1. The van der Waals surface area contributed by atoms with Crippen molar-refractivity contribution in [2.24, 2.45) is 0 Å². The minimum atomic E-state index is -0.390. The molecular formula is C24H27N3O3.